The van der Waals surface area contributed by atoms with E-state index in [-0.39, 0.29) is 11.1 Å². The van der Waals surface area contributed by atoms with Gasteiger partial charge in [-0.1, -0.05) is 77.3 Å². The molecule has 0 radical (unpaired) electrons. The van der Waals surface area contributed by atoms with Gasteiger partial charge in [-0.05, 0) is 66.2 Å². The van der Waals surface area contributed by atoms with Crippen molar-refractivity contribution in [2.45, 2.75) is 97.3 Å². The first-order valence-corrected chi connectivity index (χ1v) is 12.9. The summed E-state index contributed by atoms with van der Waals surface area (Å²) in [4.78, 5) is 0. The van der Waals surface area contributed by atoms with E-state index < -0.39 is 23.3 Å². The van der Waals surface area contributed by atoms with Crippen LogP contribution in [0.4, 0.5) is 17.6 Å². The monoisotopic (exact) mass is 460 g/mol. The van der Waals surface area contributed by atoms with E-state index in [1.54, 1.807) is 12.1 Å². The molecule has 0 nitrogen and oxygen atoms in total. The summed E-state index contributed by atoms with van der Waals surface area (Å²) in [6.45, 7) is 4.28. The number of hydrogen-bond acceptors (Lipinski definition) is 0. The lowest BCUT2D eigenvalue weighted by molar-refractivity contribution is 0.251. The molecule has 2 aliphatic carbocycles. The summed E-state index contributed by atoms with van der Waals surface area (Å²) in [5.41, 5.74) is 1.70. The maximum Gasteiger partial charge on any atom is 0.167 e. The van der Waals surface area contributed by atoms with Crippen molar-refractivity contribution < 1.29 is 17.6 Å². The summed E-state index contributed by atoms with van der Waals surface area (Å²) in [5.74, 6) is -2.49. The summed E-state index contributed by atoms with van der Waals surface area (Å²) in [6.07, 6.45) is 12.2. The molecule has 2 aromatic rings. The summed E-state index contributed by atoms with van der Waals surface area (Å²) in [5, 5.41) is 0. The minimum Gasteiger partial charge on any atom is -0.203 e. The third-order valence-electron chi connectivity index (χ3n) is 7.89. The van der Waals surface area contributed by atoms with Crippen LogP contribution in [0.3, 0.4) is 0 Å². The molecule has 0 spiro atoms. The third-order valence-corrected chi connectivity index (χ3v) is 7.89. The number of unbranched alkanes of at least 4 members (excludes halogenated alkanes) is 2. The smallest absolute Gasteiger partial charge is 0.167 e. The second kappa shape index (κ2) is 10.6. The van der Waals surface area contributed by atoms with Gasteiger partial charge in [-0.2, -0.15) is 0 Å². The fraction of sp³-hybridized carbons (Fsp3) is 0.586. The van der Waals surface area contributed by atoms with Crippen molar-refractivity contribution in [3.8, 4) is 11.1 Å². The minimum atomic E-state index is -1.03. The van der Waals surface area contributed by atoms with Gasteiger partial charge >= 0.3 is 0 Å². The first kappa shape index (κ1) is 24.3. The second-order valence-corrected chi connectivity index (χ2v) is 10.2. The molecule has 0 heterocycles. The Hall–Kier alpha value is -1.84. The zero-order valence-electron chi connectivity index (χ0n) is 20.0. The van der Waals surface area contributed by atoms with Crippen molar-refractivity contribution in [1.29, 1.82) is 0 Å². The molecule has 1 fully saturated rings. The lowest BCUT2D eigenvalue weighted by Gasteiger charge is -2.28. The van der Waals surface area contributed by atoms with Gasteiger partial charge in [-0.3, -0.25) is 0 Å². The molecule has 4 heteroatoms. The van der Waals surface area contributed by atoms with Gasteiger partial charge in [0.1, 0.15) is 0 Å². The molecule has 0 aromatic heterocycles. The van der Waals surface area contributed by atoms with E-state index in [0.717, 1.165) is 44.4 Å². The zero-order valence-corrected chi connectivity index (χ0v) is 20.0. The Morgan fingerprint density at radius 1 is 0.636 bits per heavy atom. The molecular formula is C29H36F4. The van der Waals surface area contributed by atoms with E-state index in [2.05, 4.69) is 13.8 Å². The SMILES string of the molecule is CCCCCc1cc2c(c(F)c1F)-c1c(cc(CCC3CCC(CCC)CC3)c(F)c1F)C2. The van der Waals surface area contributed by atoms with E-state index in [4.69, 9.17) is 0 Å². The van der Waals surface area contributed by atoms with Crippen molar-refractivity contribution >= 4 is 0 Å². The molecule has 1 saturated carbocycles. The molecule has 180 valence electrons. The maximum absolute atomic E-state index is 15.1. The van der Waals surface area contributed by atoms with Crippen LogP contribution in [0.2, 0.25) is 0 Å². The molecule has 0 aliphatic heterocycles. The van der Waals surface area contributed by atoms with E-state index in [9.17, 15) is 13.2 Å². The average molecular weight is 461 g/mol. The van der Waals surface area contributed by atoms with Crippen LogP contribution in [-0.2, 0) is 19.3 Å². The summed E-state index contributed by atoms with van der Waals surface area (Å²) in [6, 6.07) is 3.36. The predicted molar refractivity (Wildman–Crippen MR) is 126 cm³/mol. The first-order chi connectivity index (χ1) is 15.9. The van der Waals surface area contributed by atoms with E-state index in [1.807, 2.05) is 0 Å². The van der Waals surface area contributed by atoms with Crippen LogP contribution < -0.4 is 0 Å². The predicted octanol–water partition coefficient (Wildman–Crippen LogP) is 9.09. The normalized spacial score (nSPS) is 19.6. The van der Waals surface area contributed by atoms with Gasteiger partial charge in [0.25, 0.3) is 0 Å². The zero-order chi connectivity index (χ0) is 23.5. The van der Waals surface area contributed by atoms with Crippen molar-refractivity contribution in [3.05, 3.63) is 57.7 Å². The van der Waals surface area contributed by atoms with Gasteiger partial charge in [-0.15, -0.1) is 0 Å². The Kier molecular flexibility index (Phi) is 7.81. The van der Waals surface area contributed by atoms with Gasteiger partial charge in [0, 0.05) is 11.1 Å². The maximum atomic E-state index is 15.1. The topological polar surface area (TPSA) is 0 Å². The van der Waals surface area contributed by atoms with Crippen LogP contribution in [0.5, 0.6) is 0 Å². The molecule has 0 saturated heterocycles. The van der Waals surface area contributed by atoms with Crippen LogP contribution in [0.25, 0.3) is 11.1 Å². The Labute approximate surface area is 195 Å². The fourth-order valence-corrected chi connectivity index (χ4v) is 6.01. The molecule has 0 N–H and O–H groups in total. The molecular weight excluding hydrogens is 424 g/mol. The Morgan fingerprint density at radius 3 is 1.67 bits per heavy atom. The highest BCUT2D eigenvalue weighted by atomic mass is 19.2. The Morgan fingerprint density at radius 2 is 1.15 bits per heavy atom. The Balaban J connectivity index is 1.52. The molecule has 0 bridgehead atoms. The van der Waals surface area contributed by atoms with E-state index in [1.165, 1.54) is 25.7 Å². The fourth-order valence-electron chi connectivity index (χ4n) is 6.01. The summed E-state index contributed by atoms with van der Waals surface area (Å²) in [7, 11) is 0. The minimum absolute atomic E-state index is 0.0807. The summed E-state index contributed by atoms with van der Waals surface area (Å²) >= 11 is 0. The molecule has 0 unspecified atom stereocenters. The molecule has 0 amide bonds. The van der Waals surface area contributed by atoms with Crippen LogP contribution in [0.15, 0.2) is 12.1 Å². The molecule has 33 heavy (non-hydrogen) atoms. The quantitative estimate of drug-likeness (QED) is 0.221. The van der Waals surface area contributed by atoms with Crippen molar-refractivity contribution in [2.24, 2.45) is 11.8 Å². The van der Waals surface area contributed by atoms with Crippen molar-refractivity contribution in [2.75, 3.05) is 0 Å². The second-order valence-electron chi connectivity index (χ2n) is 10.2. The molecule has 0 atom stereocenters. The van der Waals surface area contributed by atoms with Crippen LogP contribution in [0, 0.1) is 35.1 Å². The highest BCUT2D eigenvalue weighted by Gasteiger charge is 2.32. The lowest BCUT2D eigenvalue weighted by atomic mass is 9.78. The van der Waals surface area contributed by atoms with Gasteiger partial charge in [0.05, 0.1) is 0 Å². The molecule has 4 rings (SSSR count). The Bertz CT molecular complexity index is 986. The van der Waals surface area contributed by atoms with Crippen LogP contribution >= 0.6 is 0 Å². The standard InChI is InChI=1S/C29H36F4/c1-3-5-6-8-20-15-22-17-23-16-21(14-13-19-11-9-18(7-4-2)10-12-19)27(31)29(33)25(23)24(22)28(32)26(20)30/h15-16,18-19H,3-14,17H2,1-2H3. The van der Waals surface area contributed by atoms with E-state index >= 15 is 4.39 Å². The van der Waals surface area contributed by atoms with Gasteiger partial charge in [0.15, 0.2) is 23.3 Å². The average Bonchev–Trinajstić information content (AvgIpc) is 3.18. The van der Waals surface area contributed by atoms with Crippen LogP contribution in [0.1, 0.15) is 100 Å². The van der Waals surface area contributed by atoms with Crippen molar-refractivity contribution in [3.63, 3.8) is 0 Å². The first-order valence-electron chi connectivity index (χ1n) is 12.9. The number of benzene rings is 2. The number of halogens is 4. The lowest BCUT2D eigenvalue weighted by Crippen LogP contribution is -2.15. The van der Waals surface area contributed by atoms with Gasteiger partial charge in [0.2, 0.25) is 0 Å². The number of fused-ring (bicyclic) bond motifs is 3. The molecule has 2 aliphatic rings. The number of hydrogen-bond donors (Lipinski definition) is 0. The highest BCUT2D eigenvalue weighted by Crippen LogP contribution is 2.44. The summed E-state index contributed by atoms with van der Waals surface area (Å²) < 4.78 is 59.8. The van der Waals surface area contributed by atoms with Crippen LogP contribution in [-0.4, -0.2) is 0 Å². The third kappa shape index (κ3) is 5.00. The molecule has 2 aromatic carbocycles. The number of aryl methyl sites for hydroxylation is 2. The van der Waals surface area contributed by atoms with Gasteiger partial charge in [-0.25, -0.2) is 17.6 Å². The van der Waals surface area contributed by atoms with Crippen molar-refractivity contribution in [1.82, 2.24) is 0 Å². The number of rotatable bonds is 9. The largest absolute Gasteiger partial charge is 0.203 e. The van der Waals surface area contributed by atoms with Gasteiger partial charge < -0.3 is 0 Å². The van der Waals surface area contributed by atoms with E-state index in [0.29, 0.717) is 47.4 Å². The highest BCUT2D eigenvalue weighted by molar-refractivity contribution is 5.79.